The van der Waals surface area contributed by atoms with Crippen molar-refractivity contribution in [1.29, 1.82) is 0 Å². The highest BCUT2D eigenvalue weighted by atomic mass is 15.3. The standard InChI is InChI=1S/C21H26N4/c1-13-5-6-16-15(7-13)17-18(24-16)19(23-12-22-17)25-11-21(4)9-14(25)8-20(2,3)10-21/h5-7,12,14,24H,8-11H2,1-4H3/t14-,21-/m1/s1. The molecule has 2 bridgehead atoms. The van der Waals surface area contributed by atoms with E-state index in [0.717, 1.165) is 28.9 Å². The fourth-order valence-electron chi connectivity index (χ4n) is 5.72. The summed E-state index contributed by atoms with van der Waals surface area (Å²) >= 11 is 0. The third-order valence-electron chi connectivity index (χ3n) is 6.20. The average molecular weight is 334 g/mol. The van der Waals surface area contributed by atoms with E-state index in [1.54, 1.807) is 6.33 Å². The maximum absolute atomic E-state index is 4.73. The van der Waals surface area contributed by atoms with Crippen LogP contribution in [0.4, 0.5) is 5.82 Å². The van der Waals surface area contributed by atoms with E-state index in [2.05, 4.69) is 60.8 Å². The lowest BCUT2D eigenvalue weighted by Gasteiger charge is -2.39. The van der Waals surface area contributed by atoms with Gasteiger partial charge < -0.3 is 9.88 Å². The molecule has 1 N–H and O–H groups in total. The van der Waals surface area contributed by atoms with E-state index in [1.807, 2.05) is 0 Å². The number of aryl methyl sites for hydroxylation is 1. The summed E-state index contributed by atoms with van der Waals surface area (Å²) in [4.78, 5) is 15.5. The molecule has 5 rings (SSSR count). The number of aromatic nitrogens is 3. The maximum atomic E-state index is 4.73. The Labute approximate surface area is 148 Å². The van der Waals surface area contributed by atoms with Gasteiger partial charge in [0.1, 0.15) is 17.4 Å². The lowest BCUT2D eigenvalue weighted by molar-refractivity contribution is 0.136. The number of H-pyrrole nitrogens is 1. The predicted octanol–water partition coefficient (Wildman–Crippen LogP) is 4.82. The largest absolute Gasteiger partial charge is 0.351 e. The number of hydrogen-bond donors (Lipinski definition) is 1. The number of fused-ring (bicyclic) bond motifs is 5. The Kier molecular flexibility index (Phi) is 2.88. The van der Waals surface area contributed by atoms with Gasteiger partial charge in [0.2, 0.25) is 0 Å². The Hall–Kier alpha value is -2.10. The number of nitrogens with zero attached hydrogens (tertiary/aromatic N) is 3. The van der Waals surface area contributed by atoms with Crippen molar-refractivity contribution in [1.82, 2.24) is 15.0 Å². The van der Waals surface area contributed by atoms with Crippen molar-refractivity contribution < 1.29 is 0 Å². The minimum atomic E-state index is 0.395. The molecule has 3 heterocycles. The first-order chi connectivity index (χ1) is 11.8. The number of anilines is 1. The van der Waals surface area contributed by atoms with Gasteiger partial charge in [0.15, 0.2) is 5.82 Å². The molecule has 1 aromatic carbocycles. The summed E-state index contributed by atoms with van der Waals surface area (Å²) in [6.45, 7) is 10.5. The second kappa shape index (κ2) is 4.75. The molecule has 2 atom stereocenters. The van der Waals surface area contributed by atoms with Crippen LogP contribution in [-0.2, 0) is 0 Å². The van der Waals surface area contributed by atoms with Gasteiger partial charge in [0.05, 0.1) is 0 Å². The fraction of sp³-hybridized carbons (Fsp3) is 0.524. The molecule has 1 aliphatic heterocycles. The monoisotopic (exact) mass is 334 g/mol. The smallest absolute Gasteiger partial charge is 0.156 e. The molecule has 1 saturated heterocycles. The van der Waals surface area contributed by atoms with Crippen LogP contribution < -0.4 is 4.90 Å². The summed E-state index contributed by atoms with van der Waals surface area (Å²) in [6.07, 6.45) is 5.56. The van der Waals surface area contributed by atoms with Gasteiger partial charge in [-0.15, -0.1) is 0 Å². The van der Waals surface area contributed by atoms with Crippen molar-refractivity contribution in [3.8, 4) is 0 Å². The number of benzene rings is 1. The number of aromatic amines is 1. The molecule has 2 fully saturated rings. The Morgan fingerprint density at radius 1 is 1.16 bits per heavy atom. The lowest BCUT2D eigenvalue weighted by Crippen LogP contribution is -2.35. The molecule has 0 unspecified atom stereocenters. The van der Waals surface area contributed by atoms with Crippen molar-refractivity contribution >= 4 is 27.8 Å². The van der Waals surface area contributed by atoms with E-state index in [-0.39, 0.29) is 0 Å². The number of hydrogen-bond acceptors (Lipinski definition) is 3. The van der Waals surface area contributed by atoms with Gasteiger partial charge in [-0.1, -0.05) is 32.4 Å². The van der Waals surface area contributed by atoms with Gasteiger partial charge in [-0.2, -0.15) is 0 Å². The molecule has 2 aromatic heterocycles. The molecule has 0 amide bonds. The van der Waals surface area contributed by atoms with E-state index in [1.165, 1.54) is 30.2 Å². The number of rotatable bonds is 1. The van der Waals surface area contributed by atoms with E-state index < -0.39 is 0 Å². The van der Waals surface area contributed by atoms with Crippen LogP contribution in [0.15, 0.2) is 24.5 Å². The molecule has 4 heteroatoms. The van der Waals surface area contributed by atoms with E-state index >= 15 is 0 Å². The van der Waals surface area contributed by atoms with Crippen molar-refractivity contribution in [3.63, 3.8) is 0 Å². The highest BCUT2D eigenvalue weighted by Gasteiger charge is 2.50. The molecule has 0 spiro atoms. The van der Waals surface area contributed by atoms with Crippen LogP contribution >= 0.6 is 0 Å². The molecule has 25 heavy (non-hydrogen) atoms. The lowest BCUT2D eigenvalue weighted by atomic mass is 9.65. The van der Waals surface area contributed by atoms with Crippen LogP contribution in [0, 0.1) is 17.8 Å². The Bertz CT molecular complexity index is 986. The predicted molar refractivity (Wildman–Crippen MR) is 103 cm³/mol. The Balaban J connectivity index is 1.68. The second-order valence-electron chi connectivity index (χ2n) is 9.44. The summed E-state index contributed by atoms with van der Waals surface area (Å²) in [5.41, 5.74) is 5.37. The van der Waals surface area contributed by atoms with Gasteiger partial charge in [-0.3, -0.25) is 0 Å². The topological polar surface area (TPSA) is 44.8 Å². The molecule has 3 aromatic rings. The van der Waals surface area contributed by atoms with Crippen LogP contribution in [0.25, 0.3) is 21.9 Å². The van der Waals surface area contributed by atoms with Crippen LogP contribution in [0.1, 0.15) is 45.6 Å². The summed E-state index contributed by atoms with van der Waals surface area (Å²) in [5.74, 6) is 1.09. The van der Waals surface area contributed by atoms with Crippen molar-refractivity contribution in [2.75, 3.05) is 11.4 Å². The van der Waals surface area contributed by atoms with Gasteiger partial charge >= 0.3 is 0 Å². The first-order valence-corrected chi connectivity index (χ1v) is 9.33. The van der Waals surface area contributed by atoms with Gasteiger partial charge in [0, 0.05) is 23.5 Å². The summed E-state index contributed by atoms with van der Waals surface area (Å²) in [6, 6.07) is 7.11. The molecule has 1 aliphatic carbocycles. The summed E-state index contributed by atoms with van der Waals surface area (Å²) < 4.78 is 0. The Morgan fingerprint density at radius 2 is 2.00 bits per heavy atom. The molecular formula is C21H26N4. The first-order valence-electron chi connectivity index (χ1n) is 9.33. The molecule has 1 saturated carbocycles. The zero-order valence-corrected chi connectivity index (χ0v) is 15.6. The second-order valence-corrected chi connectivity index (χ2v) is 9.44. The van der Waals surface area contributed by atoms with Gasteiger partial charge in [-0.05, 0) is 49.1 Å². The zero-order chi connectivity index (χ0) is 17.4. The van der Waals surface area contributed by atoms with Gasteiger partial charge in [0.25, 0.3) is 0 Å². The quantitative estimate of drug-likeness (QED) is 0.693. The van der Waals surface area contributed by atoms with Crippen LogP contribution in [0.2, 0.25) is 0 Å². The van der Waals surface area contributed by atoms with E-state index in [9.17, 15) is 0 Å². The third kappa shape index (κ3) is 2.26. The SMILES string of the molecule is Cc1ccc2[nH]c3c(N4C[C@]5(C)C[C@H]4CC(C)(C)C5)ncnc3c2c1. The maximum Gasteiger partial charge on any atom is 0.156 e. The highest BCUT2D eigenvalue weighted by molar-refractivity contribution is 6.08. The highest BCUT2D eigenvalue weighted by Crippen LogP contribution is 2.53. The molecule has 130 valence electrons. The van der Waals surface area contributed by atoms with Crippen molar-refractivity contribution in [2.24, 2.45) is 10.8 Å². The Morgan fingerprint density at radius 3 is 2.84 bits per heavy atom. The minimum absolute atomic E-state index is 0.395. The van der Waals surface area contributed by atoms with Crippen molar-refractivity contribution in [3.05, 3.63) is 30.1 Å². The van der Waals surface area contributed by atoms with E-state index in [4.69, 9.17) is 4.98 Å². The molecular weight excluding hydrogens is 308 g/mol. The normalized spacial score (nSPS) is 28.2. The zero-order valence-electron chi connectivity index (χ0n) is 15.6. The fourth-order valence-corrected chi connectivity index (χ4v) is 5.72. The van der Waals surface area contributed by atoms with Crippen LogP contribution in [0.3, 0.4) is 0 Å². The molecule has 4 nitrogen and oxygen atoms in total. The van der Waals surface area contributed by atoms with Crippen molar-refractivity contribution in [2.45, 2.75) is 53.0 Å². The number of nitrogens with one attached hydrogen (secondary N) is 1. The molecule has 2 aliphatic rings. The third-order valence-corrected chi connectivity index (χ3v) is 6.20. The van der Waals surface area contributed by atoms with Gasteiger partial charge in [-0.25, -0.2) is 9.97 Å². The minimum Gasteiger partial charge on any atom is -0.351 e. The van der Waals surface area contributed by atoms with Crippen LogP contribution in [-0.4, -0.2) is 27.5 Å². The summed E-state index contributed by atoms with van der Waals surface area (Å²) in [7, 11) is 0. The average Bonchev–Trinajstić information content (AvgIpc) is 3.00. The van der Waals surface area contributed by atoms with Crippen LogP contribution in [0.5, 0.6) is 0 Å². The molecule has 0 radical (unpaired) electrons. The summed E-state index contributed by atoms with van der Waals surface area (Å²) in [5, 5.41) is 1.20. The van der Waals surface area contributed by atoms with E-state index in [0.29, 0.717) is 16.9 Å². The first kappa shape index (κ1) is 15.2.